The molecule has 0 radical (unpaired) electrons. The molecule has 0 aromatic heterocycles. The van der Waals surface area contributed by atoms with Crippen molar-refractivity contribution in [3.63, 3.8) is 0 Å². The minimum absolute atomic E-state index is 0.148. The second kappa shape index (κ2) is 6.54. The van der Waals surface area contributed by atoms with Gasteiger partial charge in [0, 0.05) is 17.7 Å². The van der Waals surface area contributed by atoms with Crippen LogP contribution in [0.15, 0.2) is 36.4 Å². The van der Waals surface area contributed by atoms with Gasteiger partial charge in [0.25, 0.3) is 0 Å². The quantitative estimate of drug-likeness (QED) is 0.920. The first-order valence-corrected chi connectivity index (χ1v) is 6.47. The van der Waals surface area contributed by atoms with Crippen molar-refractivity contribution in [2.24, 2.45) is 5.73 Å². The molecule has 0 heterocycles. The highest BCUT2D eigenvalue weighted by Crippen LogP contribution is 2.26. The van der Waals surface area contributed by atoms with Gasteiger partial charge in [0.15, 0.2) is 11.6 Å². The summed E-state index contributed by atoms with van der Waals surface area (Å²) in [5.74, 6) is -0.375. The molecule has 1 unspecified atom stereocenters. The standard InChI is InChI=1S/C16H17F2NO2/c1-20-11-6-7-12(13(17)9-11)14(19)8-10-4-3-5-15(21-2)16(10)18/h3-7,9,14H,8,19H2,1-2H3. The Bertz CT molecular complexity index is 632. The van der Waals surface area contributed by atoms with E-state index in [9.17, 15) is 8.78 Å². The molecule has 0 fully saturated rings. The van der Waals surface area contributed by atoms with Crippen LogP contribution in [0.3, 0.4) is 0 Å². The molecule has 0 spiro atoms. The van der Waals surface area contributed by atoms with Gasteiger partial charge < -0.3 is 15.2 Å². The van der Waals surface area contributed by atoms with Crippen LogP contribution in [0, 0.1) is 11.6 Å². The Kier molecular flexibility index (Phi) is 4.75. The fraction of sp³-hybridized carbons (Fsp3) is 0.250. The van der Waals surface area contributed by atoms with E-state index in [4.69, 9.17) is 15.2 Å². The van der Waals surface area contributed by atoms with Gasteiger partial charge in [-0.3, -0.25) is 0 Å². The van der Waals surface area contributed by atoms with Gasteiger partial charge in [-0.1, -0.05) is 18.2 Å². The first-order chi connectivity index (χ1) is 10.1. The molecule has 2 aromatic rings. The third-order valence-electron chi connectivity index (χ3n) is 3.31. The number of hydrogen-bond donors (Lipinski definition) is 1. The van der Waals surface area contributed by atoms with E-state index >= 15 is 0 Å². The van der Waals surface area contributed by atoms with Crippen molar-refractivity contribution in [2.75, 3.05) is 14.2 Å². The lowest BCUT2D eigenvalue weighted by Gasteiger charge is -2.15. The number of nitrogens with two attached hydrogens (primary N) is 1. The summed E-state index contributed by atoms with van der Waals surface area (Å²) in [7, 11) is 2.85. The smallest absolute Gasteiger partial charge is 0.168 e. The maximum absolute atomic E-state index is 14.1. The molecule has 2 aromatic carbocycles. The third kappa shape index (κ3) is 3.31. The van der Waals surface area contributed by atoms with Crippen molar-refractivity contribution < 1.29 is 18.3 Å². The summed E-state index contributed by atoms with van der Waals surface area (Å²) in [6.07, 6.45) is 0.173. The van der Waals surface area contributed by atoms with Gasteiger partial charge in [0.1, 0.15) is 11.6 Å². The van der Waals surface area contributed by atoms with Crippen molar-refractivity contribution in [1.82, 2.24) is 0 Å². The average Bonchev–Trinajstić information content (AvgIpc) is 2.49. The summed E-state index contributed by atoms with van der Waals surface area (Å²) in [5, 5.41) is 0. The molecule has 5 heteroatoms. The van der Waals surface area contributed by atoms with E-state index in [2.05, 4.69) is 0 Å². The summed E-state index contributed by atoms with van der Waals surface area (Å²) in [6, 6.07) is 8.59. The number of ether oxygens (including phenoxy) is 2. The van der Waals surface area contributed by atoms with Crippen LogP contribution in [0.4, 0.5) is 8.78 Å². The molecule has 0 saturated carbocycles. The molecule has 0 amide bonds. The monoisotopic (exact) mass is 293 g/mol. The molecule has 0 aliphatic carbocycles. The highest BCUT2D eigenvalue weighted by Gasteiger charge is 2.16. The van der Waals surface area contributed by atoms with E-state index in [1.807, 2.05) is 0 Å². The van der Waals surface area contributed by atoms with Crippen LogP contribution in [0.2, 0.25) is 0 Å². The van der Waals surface area contributed by atoms with Crippen molar-refractivity contribution in [1.29, 1.82) is 0 Å². The molecule has 0 aliphatic rings. The zero-order valence-corrected chi connectivity index (χ0v) is 11.9. The van der Waals surface area contributed by atoms with Crippen LogP contribution in [-0.2, 0) is 6.42 Å². The van der Waals surface area contributed by atoms with Crippen molar-refractivity contribution in [3.8, 4) is 11.5 Å². The van der Waals surface area contributed by atoms with Crippen LogP contribution in [-0.4, -0.2) is 14.2 Å². The van der Waals surface area contributed by atoms with Gasteiger partial charge in [0.2, 0.25) is 0 Å². The Hall–Kier alpha value is -2.14. The Morgan fingerprint density at radius 1 is 1.10 bits per heavy atom. The number of benzene rings is 2. The van der Waals surface area contributed by atoms with E-state index in [0.29, 0.717) is 16.9 Å². The van der Waals surface area contributed by atoms with Gasteiger partial charge >= 0.3 is 0 Å². The number of hydrogen-bond acceptors (Lipinski definition) is 3. The minimum Gasteiger partial charge on any atom is -0.497 e. The lowest BCUT2D eigenvalue weighted by molar-refractivity contribution is 0.383. The molecule has 21 heavy (non-hydrogen) atoms. The van der Waals surface area contributed by atoms with E-state index in [-0.39, 0.29) is 12.2 Å². The topological polar surface area (TPSA) is 44.5 Å². The molecule has 3 nitrogen and oxygen atoms in total. The van der Waals surface area contributed by atoms with Gasteiger partial charge in [-0.05, 0) is 24.1 Å². The van der Waals surface area contributed by atoms with Gasteiger partial charge in [0.05, 0.1) is 14.2 Å². The Labute approximate surface area is 122 Å². The SMILES string of the molecule is COc1ccc(C(N)Cc2cccc(OC)c2F)c(F)c1. The van der Waals surface area contributed by atoms with E-state index in [0.717, 1.165) is 0 Å². The fourth-order valence-electron chi connectivity index (χ4n) is 2.15. The first kappa shape index (κ1) is 15.3. The molecular formula is C16H17F2NO2. The summed E-state index contributed by atoms with van der Waals surface area (Å²) in [5.41, 5.74) is 6.70. The number of halogens is 2. The summed E-state index contributed by atoms with van der Waals surface area (Å²) < 4.78 is 37.9. The predicted octanol–water partition coefficient (Wildman–Crippen LogP) is 3.22. The van der Waals surface area contributed by atoms with Crippen molar-refractivity contribution >= 4 is 0 Å². The van der Waals surface area contributed by atoms with Gasteiger partial charge in [-0.2, -0.15) is 0 Å². The van der Waals surface area contributed by atoms with E-state index < -0.39 is 17.7 Å². The summed E-state index contributed by atoms with van der Waals surface area (Å²) in [6.45, 7) is 0. The fourth-order valence-corrected chi connectivity index (χ4v) is 2.15. The predicted molar refractivity (Wildman–Crippen MR) is 76.5 cm³/mol. The zero-order chi connectivity index (χ0) is 15.4. The van der Waals surface area contributed by atoms with Crippen molar-refractivity contribution in [3.05, 3.63) is 59.2 Å². The Balaban J connectivity index is 2.24. The van der Waals surface area contributed by atoms with E-state index in [1.54, 1.807) is 24.3 Å². The maximum Gasteiger partial charge on any atom is 0.168 e. The highest BCUT2D eigenvalue weighted by molar-refractivity contribution is 5.35. The summed E-state index contributed by atoms with van der Waals surface area (Å²) in [4.78, 5) is 0. The molecule has 112 valence electrons. The maximum atomic E-state index is 14.1. The Morgan fingerprint density at radius 3 is 2.48 bits per heavy atom. The average molecular weight is 293 g/mol. The first-order valence-electron chi connectivity index (χ1n) is 6.47. The molecule has 0 aliphatic heterocycles. The van der Waals surface area contributed by atoms with Gasteiger partial charge in [-0.25, -0.2) is 8.78 Å². The van der Waals surface area contributed by atoms with Crippen LogP contribution in [0.5, 0.6) is 11.5 Å². The second-order valence-electron chi connectivity index (χ2n) is 4.63. The van der Waals surface area contributed by atoms with E-state index in [1.165, 1.54) is 26.4 Å². The zero-order valence-electron chi connectivity index (χ0n) is 11.9. The Morgan fingerprint density at radius 2 is 1.86 bits per heavy atom. The molecule has 1 atom stereocenters. The summed E-state index contributed by atoms with van der Waals surface area (Å²) >= 11 is 0. The van der Waals surface area contributed by atoms with Crippen molar-refractivity contribution in [2.45, 2.75) is 12.5 Å². The molecular weight excluding hydrogens is 276 g/mol. The highest BCUT2D eigenvalue weighted by atomic mass is 19.1. The van der Waals surface area contributed by atoms with Crippen LogP contribution in [0.25, 0.3) is 0 Å². The minimum atomic E-state index is -0.655. The molecule has 2 rings (SSSR count). The van der Waals surface area contributed by atoms with Crippen LogP contribution in [0.1, 0.15) is 17.2 Å². The number of rotatable bonds is 5. The lowest BCUT2D eigenvalue weighted by Crippen LogP contribution is -2.16. The third-order valence-corrected chi connectivity index (χ3v) is 3.31. The van der Waals surface area contributed by atoms with Crippen LogP contribution < -0.4 is 15.2 Å². The largest absolute Gasteiger partial charge is 0.497 e. The molecule has 0 saturated heterocycles. The van der Waals surface area contributed by atoms with Crippen LogP contribution >= 0.6 is 0 Å². The second-order valence-corrected chi connectivity index (χ2v) is 4.63. The molecule has 0 bridgehead atoms. The molecule has 2 N–H and O–H groups in total. The van der Waals surface area contributed by atoms with Gasteiger partial charge in [-0.15, -0.1) is 0 Å². The lowest BCUT2D eigenvalue weighted by atomic mass is 9.98. The number of methoxy groups -OCH3 is 2. The normalized spacial score (nSPS) is 12.0.